The molecule has 1 fully saturated rings. The third-order valence-electron chi connectivity index (χ3n) is 6.91. The molecule has 7 nitrogen and oxygen atoms in total. The van der Waals surface area contributed by atoms with Gasteiger partial charge in [0.25, 0.3) is 0 Å². The van der Waals surface area contributed by atoms with Gasteiger partial charge in [0.2, 0.25) is 21.8 Å². The SMILES string of the molecule is CC(=O)N1c2ccc(S(=O)(=O)N3CCC(C(=O)Nc4ccc(C(C)C)cc4)CC3)cc2C[C@@H]1C. The Balaban J connectivity index is 1.39. The summed E-state index contributed by atoms with van der Waals surface area (Å²) in [4.78, 5) is 26.7. The smallest absolute Gasteiger partial charge is 0.243 e. The van der Waals surface area contributed by atoms with Crippen molar-refractivity contribution in [2.75, 3.05) is 23.3 Å². The van der Waals surface area contributed by atoms with Gasteiger partial charge in [0.05, 0.1) is 4.90 Å². The van der Waals surface area contributed by atoms with Gasteiger partial charge in [-0.2, -0.15) is 4.31 Å². The number of hydrogen-bond acceptors (Lipinski definition) is 4. The molecule has 182 valence electrons. The average molecular weight is 484 g/mol. The van der Waals surface area contributed by atoms with Crippen LogP contribution in [0.25, 0.3) is 0 Å². The van der Waals surface area contributed by atoms with Crippen molar-refractivity contribution in [3.8, 4) is 0 Å². The van der Waals surface area contributed by atoms with Gasteiger partial charge in [-0.15, -0.1) is 0 Å². The highest BCUT2D eigenvalue weighted by Crippen LogP contribution is 2.35. The lowest BCUT2D eigenvalue weighted by Crippen LogP contribution is -2.41. The van der Waals surface area contributed by atoms with Crippen molar-refractivity contribution in [3.63, 3.8) is 0 Å². The summed E-state index contributed by atoms with van der Waals surface area (Å²) in [5.41, 5.74) is 3.64. The summed E-state index contributed by atoms with van der Waals surface area (Å²) in [5, 5.41) is 2.97. The second kappa shape index (κ2) is 9.50. The molecule has 34 heavy (non-hydrogen) atoms. The fourth-order valence-electron chi connectivity index (χ4n) is 4.95. The highest BCUT2D eigenvalue weighted by Gasteiger charge is 2.34. The first-order valence-electron chi connectivity index (χ1n) is 11.9. The van der Waals surface area contributed by atoms with Crippen LogP contribution < -0.4 is 10.2 Å². The third kappa shape index (κ3) is 4.74. The molecule has 0 aliphatic carbocycles. The van der Waals surface area contributed by atoms with Crippen molar-refractivity contribution in [2.24, 2.45) is 5.92 Å². The Labute approximate surface area is 202 Å². The largest absolute Gasteiger partial charge is 0.326 e. The number of amides is 2. The van der Waals surface area contributed by atoms with Crippen LogP contribution in [0.1, 0.15) is 57.6 Å². The number of nitrogens with one attached hydrogen (secondary N) is 1. The van der Waals surface area contributed by atoms with Crippen molar-refractivity contribution < 1.29 is 18.0 Å². The third-order valence-corrected chi connectivity index (χ3v) is 8.81. The van der Waals surface area contributed by atoms with Gasteiger partial charge in [-0.3, -0.25) is 9.59 Å². The molecule has 2 aliphatic rings. The van der Waals surface area contributed by atoms with E-state index < -0.39 is 10.0 Å². The van der Waals surface area contributed by atoms with Crippen LogP contribution in [0.5, 0.6) is 0 Å². The van der Waals surface area contributed by atoms with Crippen molar-refractivity contribution in [3.05, 3.63) is 53.6 Å². The van der Waals surface area contributed by atoms with Gasteiger partial charge in [-0.1, -0.05) is 26.0 Å². The Hall–Kier alpha value is -2.71. The van der Waals surface area contributed by atoms with E-state index in [1.807, 2.05) is 31.2 Å². The molecule has 4 rings (SSSR count). The molecule has 1 saturated heterocycles. The number of piperidine rings is 1. The normalized spacial score (nSPS) is 19.3. The van der Waals surface area contributed by atoms with Gasteiger partial charge >= 0.3 is 0 Å². The molecule has 0 aromatic heterocycles. The van der Waals surface area contributed by atoms with Gasteiger partial charge in [-0.05, 0) is 73.6 Å². The van der Waals surface area contributed by atoms with E-state index in [0.29, 0.717) is 38.3 Å². The van der Waals surface area contributed by atoms with Gasteiger partial charge in [0.1, 0.15) is 0 Å². The van der Waals surface area contributed by atoms with Crippen LogP contribution >= 0.6 is 0 Å². The average Bonchev–Trinajstić information content (AvgIpc) is 3.14. The predicted molar refractivity (Wildman–Crippen MR) is 133 cm³/mol. The Kier molecular flexibility index (Phi) is 6.82. The highest BCUT2D eigenvalue weighted by molar-refractivity contribution is 7.89. The first-order valence-corrected chi connectivity index (χ1v) is 13.4. The quantitative estimate of drug-likeness (QED) is 0.692. The minimum absolute atomic E-state index is 0.0151. The summed E-state index contributed by atoms with van der Waals surface area (Å²) in [6, 6.07) is 12.9. The topological polar surface area (TPSA) is 86.8 Å². The molecule has 0 bridgehead atoms. The van der Waals surface area contributed by atoms with Gasteiger partial charge in [0, 0.05) is 43.3 Å². The lowest BCUT2D eigenvalue weighted by Gasteiger charge is -2.30. The fourth-order valence-corrected chi connectivity index (χ4v) is 6.47. The number of rotatable bonds is 5. The molecular formula is C26H33N3O4S. The van der Waals surface area contributed by atoms with E-state index in [-0.39, 0.29) is 28.7 Å². The summed E-state index contributed by atoms with van der Waals surface area (Å²) in [6.45, 7) is 8.35. The molecule has 2 aromatic rings. The van der Waals surface area contributed by atoms with Crippen LogP contribution in [0.4, 0.5) is 11.4 Å². The molecule has 1 atom stereocenters. The molecule has 0 saturated carbocycles. The number of carbonyl (C=O) groups is 2. The zero-order valence-electron chi connectivity index (χ0n) is 20.2. The lowest BCUT2D eigenvalue weighted by molar-refractivity contribution is -0.121. The molecule has 2 amide bonds. The molecule has 2 aromatic carbocycles. The van der Waals surface area contributed by atoms with Crippen LogP contribution in [0.15, 0.2) is 47.4 Å². The van der Waals surface area contributed by atoms with E-state index in [0.717, 1.165) is 16.9 Å². The Morgan fingerprint density at radius 3 is 2.26 bits per heavy atom. The summed E-state index contributed by atoms with van der Waals surface area (Å²) in [7, 11) is -3.66. The Morgan fingerprint density at radius 2 is 1.68 bits per heavy atom. The molecule has 2 heterocycles. The van der Waals surface area contributed by atoms with Crippen molar-refractivity contribution in [1.29, 1.82) is 0 Å². The van der Waals surface area contributed by atoms with Crippen molar-refractivity contribution in [2.45, 2.75) is 63.8 Å². The monoisotopic (exact) mass is 483 g/mol. The molecule has 2 aliphatic heterocycles. The first-order chi connectivity index (χ1) is 16.1. The molecule has 0 spiro atoms. The molecule has 1 N–H and O–H groups in total. The number of benzene rings is 2. The highest BCUT2D eigenvalue weighted by atomic mass is 32.2. The van der Waals surface area contributed by atoms with Gasteiger partial charge < -0.3 is 10.2 Å². The zero-order valence-corrected chi connectivity index (χ0v) is 21.1. The Bertz CT molecular complexity index is 1180. The summed E-state index contributed by atoms with van der Waals surface area (Å²) in [6.07, 6.45) is 1.60. The number of hydrogen-bond donors (Lipinski definition) is 1. The van der Waals surface area contributed by atoms with E-state index in [9.17, 15) is 18.0 Å². The van der Waals surface area contributed by atoms with Crippen LogP contribution in [-0.2, 0) is 26.0 Å². The zero-order chi connectivity index (χ0) is 24.6. The summed E-state index contributed by atoms with van der Waals surface area (Å²) >= 11 is 0. The standard InChI is InChI=1S/C26H33N3O4S/c1-17(2)20-5-7-23(8-6-20)27-26(31)21-11-13-28(14-12-21)34(32,33)24-9-10-25-22(16-24)15-18(3)29(25)19(4)30/h5-10,16-18,21H,11-15H2,1-4H3,(H,27,31)/t18-/m0/s1. The number of sulfonamides is 1. The minimum Gasteiger partial charge on any atom is -0.326 e. The van der Waals surface area contributed by atoms with Crippen LogP contribution in [0.2, 0.25) is 0 Å². The fraction of sp³-hybridized carbons (Fsp3) is 0.462. The second-order valence-electron chi connectivity index (χ2n) is 9.68. The molecular weight excluding hydrogens is 450 g/mol. The van der Waals surface area contributed by atoms with Gasteiger partial charge in [0.15, 0.2) is 0 Å². The van der Waals surface area contributed by atoms with E-state index in [1.54, 1.807) is 23.1 Å². The number of carbonyl (C=O) groups excluding carboxylic acids is 2. The van der Waals surface area contributed by atoms with Crippen LogP contribution in [-0.4, -0.2) is 43.7 Å². The van der Waals surface area contributed by atoms with Crippen LogP contribution in [0.3, 0.4) is 0 Å². The van der Waals surface area contributed by atoms with E-state index in [2.05, 4.69) is 19.2 Å². The maximum Gasteiger partial charge on any atom is 0.243 e. The first kappa shape index (κ1) is 24.4. The van der Waals surface area contributed by atoms with Crippen LogP contribution in [0, 0.1) is 5.92 Å². The van der Waals surface area contributed by atoms with Gasteiger partial charge in [-0.25, -0.2) is 8.42 Å². The Morgan fingerprint density at radius 1 is 1.03 bits per heavy atom. The van der Waals surface area contributed by atoms with E-state index in [4.69, 9.17) is 0 Å². The number of fused-ring (bicyclic) bond motifs is 1. The van der Waals surface area contributed by atoms with E-state index in [1.165, 1.54) is 16.8 Å². The summed E-state index contributed by atoms with van der Waals surface area (Å²) < 4.78 is 28.0. The van der Waals surface area contributed by atoms with Crippen molar-refractivity contribution >= 4 is 33.2 Å². The predicted octanol–water partition coefficient (Wildman–Crippen LogP) is 4.15. The molecule has 0 radical (unpaired) electrons. The molecule has 0 unspecified atom stereocenters. The second-order valence-corrected chi connectivity index (χ2v) is 11.6. The number of nitrogens with zero attached hydrogens (tertiary/aromatic N) is 2. The van der Waals surface area contributed by atoms with E-state index >= 15 is 0 Å². The van der Waals surface area contributed by atoms with Crippen molar-refractivity contribution in [1.82, 2.24) is 4.31 Å². The summed E-state index contributed by atoms with van der Waals surface area (Å²) in [5.74, 6) is 0.0997. The number of anilines is 2. The lowest BCUT2D eigenvalue weighted by atomic mass is 9.97. The minimum atomic E-state index is -3.66. The maximum atomic E-state index is 13.3. The maximum absolute atomic E-state index is 13.3. The molecule has 8 heteroatoms.